The van der Waals surface area contributed by atoms with Crippen molar-refractivity contribution in [3.05, 3.63) is 29.8 Å². The van der Waals surface area contributed by atoms with Gasteiger partial charge in [0.1, 0.15) is 5.92 Å². The highest BCUT2D eigenvalue weighted by molar-refractivity contribution is 5.94. The zero-order valence-electron chi connectivity index (χ0n) is 9.03. The minimum absolute atomic E-state index is 0.292. The van der Waals surface area contributed by atoms with Gasteiger partial charge in [0, 0.05) is 11.3 Å². The second-order valence-electron chi connectivity index (χ2n) is 3.30. The molecule has 0 radical (unpaired) electrons. The molecule has 0 spiro atoms. The molecule has 1 rings (SSSR count). The maximum Gasteiger partial charge on any atom is 0.241 e. The molecule has 80 valence electrons. The number of nitrogens with one attached hydrogen (secondary N) is 1. The monoisotopic (exact) mass is 212 g/mol. The molecule has 1 unspecified atom stereocenters. The summed E-state index contributed by atoms with van der Waals surface area (Å²) in [4.78, 5) is 11.6. The van der Waals surface area contributed by atoms with Crippen molar-refractivity contribution in [3.8, 4) is 18.4 Å². The van der Waals surface area contributed by atoms with Gasteiger partial charge < -0.3 is 5.32 Å². The average molecular weight is 212 g/mol. The number of terminal acetylenes is 1. The Balaban J connectivity index is 2.78. The standard InChI is InChI=1S/C13H12N2O/c1-3-10-6-5-7-12(8-10)15-13(16)11(4-2)9-14/h1,5-8,11H,4H2,2H3,(H,15,16). The van der Waals surface area contributed by atoms with Crippen molar-refractivity contribution in [2.75, 3.05) is 5.32 Å². The number of nitrogens with zero attached hydrogens (tertiary/aromatic N) is 1. The zero-order valence-corrected chi connectivity index (χ0v) is 9.03. The third kappa shape index (κ3) is 2.87. The van der Waals surface area contributed by atoms with E-state index in [9.17, 15) is 4.79 Å². The van der Waals surface area contributed by atoms with Crippen molar-refractivity contribution in [2.45, 2.75) is 13.3 Å². The maximum absolute atomic E-state index is 11.6. The molecule has 0 saturated carbocycles. The highest BCUT2D eigenvalue weighted by Crippen LogP contribution is 2.12. The van der Waals surface area contributed by atoms with Crippen molar-refractivity contribution in [2.24, 2.45) is 5.92 Å². The number of carbonyl (C=O) groups is 1. The Kier molecular flexibility index (Phi) is 4.12. The van der Waals surface area contributed by atoms with Gasteiger partial charge in [-0.1, -0.05) is 18.9 Å². The molecule has 1 atom stereocenters. The van der Waals surface area contributed by atoms with Crippen LogP contribution in [0.15, 0.2) is 24.3 Å². The normalized spacial score (nSPS) is 10.9. The molecular weight excluding hydrogens is 200 g/mol. The molecule has 16 heavy (non-hydrogen) atoms. The lowest BCUT2D eigenvalue weighted by atomic mass is 10.1. The average Bonchev–Trinajstić information content (AvgIpc) is 2.31. The number of carbonyl (C=O) groups excluding carboxylic acids is 1. The van der Waals surface area contributed by atoms with Gasteiger partial charge >= 0.3 is 0 Å². The second kappa shape index (κ2) is 5.58. The first-order chi connectivity index (χ1) is 7.71. The number of amides is 1. The van der Waals surface area contributed by atoms with Crippen LogP contribution in [-0.4, -0.2) is 5.91 Å². The number of rotatable bonds is 3. The fourth-order valence-electron chi connectivity index (χ4n) is 1.25. The molecule has 0 aliphatic rings. The van der Waals surface area contributed by atoms with E-state index >= 15 is 0 Å². The Morgan fingerprint density at radius 2 is 2.38 bits per heavy atom. The minimum Gasteiger partial charge on any atom is -0.325 e. The Hall–Kier alpha value is -2.26. The van der Waals surface area contributed by atoms with Gasteiger partial charge in [-0.2, -0.15) is 5.26 Å². The molecule has 0 heterocycles. The van der Waals surface area contributed by atoms with Gasteiger partial charge in [0.15, 0.2) is 0 Å². The van der Waals surface area contributed by atoms with Crippen molar-refractivity contribution < 1.29 is 4.79 Å². The summed E-state index contributed by atoms with van der Waals surface area (Å²) >= 11 is 0. The minimum atomic E-state index is -0.616. The van der Waals surface area contributed by atoms with Gasteiger partial charge in [0.2, 0.25) is 5.91 Å². The third-order valence-electron chi connectivity index (χ3n) is 2.18. The van der Waals surface area contributed by atoms with Gasteiger partial charge in [-0.25, -0.2) is 0 Å². The summed E-state index contributed by atoms with van der Waals surface area (Å²) in [5.74, 6) is 1.57. The van der Waals surface area contributed by atoms with Gasteiger partial charge in [-0.15, -0.1) is 6.42 Å². The second-order valence-corrected chi connectivity index (χ2v) is 3.30. The fourth-order valence-corrected chi connectivity index (χ4v) is 1.25. The lowest BCUT2D eigenvalue weighted by molar-refractivity contribution is -0.118. The van der Waals surface area contributed by atoms with Gasteiger partial charge in [-0.3, -0.25) is 4.79 Å². The van der Waals surface area contributed by atoms with E-state index in [0.717, 1.165) is 0 Å². The summed E-state index contributed by atoms with van der Waals surface area (Å²) in [6, 6.07) is 8.92. The summed E-state index contributed by atoms with van der Waals surface area (Å²) in [7, 11) is 0. The molecule has 1 aromatic rings. The quantitative estimate of drug-likeness (QED) is 0.780. The lowest BCUT2D eigenvalue weighted by Crippen LogP contribution is -2.20. The van der Waals surface area contributed by atoms with Crippen LogP contribution in [0, 0.1) is 29.6 Å². The molecule has 3 heteroatoms. The summed E-state index contributed by atoms with van der Waals surface area (Å²) in [5.41, 5.74) is 1.32. The van der Waals surface area contributed by atoms with Crippen LogP contribution < -0.4 is 5.32 Å². The predicted octanol–water partition coefficient (Wildman–Crippen LogP) is 2.16. The maximum atomic E-state index is 11.6. The van der Waals surface area contributed by atoms with E-state index in [-0.39, 0.29) is 5.91 Å². The summed E-state index contributed by atoms with van der Waals surface area (Å²) in [5, 5.41) is 11.4. The van der Waals surface area contributed by atoms with E-state index in [0.29, 0.717) is 17.7 Å². The van der Waals surface area contributed by atoms with Crippen LogP contribution in [0.2, 0.25) is 0 Å². The van der Waals surface area contributed by atoms with E-state index < -0.39 is 5.92 Å². The van der Waals surface area contributed by atoms with Crippen LogP contribution in [-0.2, 0) is 4.79 Å². The molecule has 0 fully saturated rings. The lowest BCUT2D eigenvalue weighted by Gasteiger charge is -2.08. The molecule has 0 saturated heterocycles. The van der Waals surface area contributed by atoms with Crippen molar-refractivity contribution in [3.63, 3.8) is 0 Å². The molecule has 3 nitrogen and oxygen atoms in total. The molecule has 1 aromatic carbocycles. The highest BCUT2D eigenvalue weighted by Gasteiger charge is 2.15. The first-order valence-corrected chi connectivity index (χ1v) is 4.98. The molecule has 1 amide bonds. The van der Waals surface area contributed by atoms with Crippen LogP contribution in [0.1, 0.15) is 18.9 Å². The zero-order chi connectivity index (χ0) is 12.0. The van der Waals surface area contributed by atoms with Crippen molar-refractivity contribution in [1.82, 2.24) is 0 Å². The highest BCUT2D eigenvalue weighted by atomic mass is 16.1. The number of hydrogen-bond acceptors (Lipinski definition) is 2. The third-order valence-corrected chi connectivity index (χ3v) is 2.18. The SMILES string of the molecule is C#Cc1cccc(NC(=O)C(C#N)CC)c1. The van der Waals surface area contributed by atoms with E-state index in [1.807, 2.05) is 6.07 Å². The number of benzene rings is 1. The number of anilines is 1. The largest absolute Gasteiger partial charge is 0.325 e. The Labute approximate surface area is 95.1 Å². The van der Waals surface area contributed by atoms with Gasteiger partial charge in [0.05, 0.1) is 6.07 Å². The molecule has 0 aromatic heterocycles. The molecule has 1 N–H and O–H groups in total. The van der Waals surface area contributed by atoms with Crippen LogP contribution in [0.4, 0.5) is 5.69 Å². The van der Waals surface area contributed by atoms with Gasteiger partial charge in [0.25, 0.3) is 0 Å². The predicted molar refractivity (Wildman–Crippen MR) is 62.4 cm³/mol. The number of nitriles is 1. The van der Waals surface area contributed by atoms with Crippen LogP contribution in [0.5, 0.6) is 0 Å². The topological polar surface area (TPSA) is 52.9 Å². The Morgan fingerprint density at radius 1 is 1.62 bits per heavy atom. The van der Waals surface area contributed by atoms with Crippen LogP contribution in [0.3, 0.4) is 0 Å². The van der Waals surface area contributed by atoms with Crippen molar-refractivity contribution >= 4 is 11.6 Å². The molecule has 0 aliphatic heterocycles. The summed E-state index contributed by atoms with van der Waals surface area (Å²) in [6.45, 7) is 1.80. The van der Waals surface area contributed by atoms with E-state index in [2.05, 4.69) is 11.2 Å². The van der Waals surface area contributed by atoms with Crippen LogP contribution >= 0.6 is 0 Å². The van der Waals surface area contributed by atoms with Gasteiger partial charge in [-0.05, 0) is 24.6 Å². The van der Waals surface area contributed by atoms with E-state index in [1.54, 1.807) is 31.2 Å². The smallest absolute Gasteiger partial charge is 0.241 e. The first-order valence-electron chi connectivity index (χ1n) is 4.98. The number of hydrogen-bond donors (Lipinski definition) is 1. The summed E-state index contributed by atoms with van der Waals surface area (Å²) in [6.07, 6.45) is 5.74. The van der Waals surface area contributed by atoms with Crippen LogP contribution in [0.25, 0.3) is 0 Å². The molecule has 0 aliphatic carbocycles. The summed E-state index contributed by atoms with van der Waals surface area (Å²) < 4.78 is 0. The first kappa shape index (κ1) is 11.8. The van der Waals surface area contributed by atoms with E-state index in [1.165, 1.54) is 0 Å². The fraction of sp³-hybridized carbons (Fsp3) is 0.231. The van der Waals surface area contributed by atoms with E-state index in [4.69, 9.17) is 11.7 Å². The Morgan fingerprint density at radius 3 is 2.94 bits per heavy atom. The molecule has 0 bridgehead atoms. The van der Waals surface area contributed by atoms with Crippen molar-refractivity contribution in [1.29, 1.82) is 5.26 Å². The Bertz CT molecular complexity index is 466. The molecular formula is C13H12N2O.